The van der Waals surface area contributed by atoms with Gasteiger partial charge in [0.2, 0.25) is 0 Å². The second kappa shape index (κ2) is 5.00. The minimum absolute atomic E-state index is 0.522. The van der Waals surface area contributed by atoms with Crippen LogP contribution in [0.15, 0.2) is 6.20 Å². The maximum Gasteiger partial charge on any atom is 0.109 e. The topological polar surface area (TPSA) is 29.9 Å². The number of aromatic nitrogens is 2. The summed E-state index contributed by atoms with van der Waals surface area (Å²) in [5.41, 5.74) is 1.28. The summed E-state index contributed by atoms with van der Waals surface area (Å²) in [5, 5.41) is 3.55. The summed E-state index contributed by atoms with van der Waals surface area (Å²) < 4.78 is 2.36. The SMILES string of the molecule is Cc1cnc(CCC2CCCN2)n1C(C)C. The van der Waals surface area contributed by atoms with E-state index < -0.39 is 0 Å². The van der Waals surface area contributed by atoms with Gasteiger partial charge in [0.25, 0.3) is 0 Å². The van der Waals surface area contributed by atoms with Gasteiger partial charge in [0.15, 0.2) is 0 Å². The van der Waals surface area contributed by atoms with Crippen LogP contribution in [0.3, 0.4) is 0 Å². The average Bonchev–Trinajstić information content (AvgIpc) is 2.83. The fraction of sp³-hybridized carbons (Fsp3) is 0.769. The highest BCUT2D eigenvalue weighted by Crippen LogP contribution is 2.17. The molecule has 1 N–H and O–H groups in total. The molecule has 16 heavy (non-hydrogen) atoms. The standard InChI is InChI=1S/C13H23N3/c1-10(2)16-11(3)9-15-13(16)7-6-12-5-4-8-14-12/h9-10,12,14H,4-8H2,1-3H3. The van der Waals surface area contributed by atoms with E-state index in [9.17, 15) is 0 Å². The summed E-state index contributed by atoms with van der Waals surface area (Å²) in [6.07, 6.45) is 6.99. The van der Waals surface area contributed by atoms with Crippen LogP contribution in [-0.4, -0.2) is 22.1 Å². The van der Waals surface area contributed by atoms with Gasteiger partial charge in [0.1, 0.15) is 5.82 Å². The quantitative estimate of drug-likeness (QED) is 0.846. The smallest absolute Gasteiger partial charge is 0.109 e. The zero-order valence-electron chi connectivity index (χ0n) is 10.7. The highest BCUT2D eigenvalue weighted by molar-refractivity contribution is 5.05. The van der Waals surface area contributed by atoms with Gasteiger partial charge >= 0.3 is 0 Å². The van der Waals surface area contributed by atoms with Gasteiger partial charge in [-0.15, -0.1) is 0 Å². The molecule has 0 aliphatic carbocycles. The van der Waals surface area contributed by atoms with E-state index in [1.807, 2.05) is 6.20 Å². The molecule has 1 fully saturated rings. The first-order valence-corrected chi connectivity index (χ1v) is 6.44. The Bertz CT molecular complexity index is 335. The third-order valence-corrected chi connectivity index (χ3v) is 3.45. The highest BCUT2D eigenvalue weighted by atomic mass is 15.1. The van der Waals surface area contributed by atoms with Crippen molar-refractivity contribution < 1.29 is 0 Å². The summed E-state index contributed by atoms with van der Waals surface area (Å²) in [4.78, 5) is 4.53. The van der Waals surface area contributed by atoms with Crippen molar-refractivity contribution >= 4 is 0 Å². The summed E-state index contributed by atoms with van der Waals surface area (Å²) in [7, 11) is 0. The second-order valence-corrected chi connectivity index (χ2v) is 5.11. The van der Waals surface area contributed by atoms with E-state index in [4.69, 9.17) is 0 Å². The lowest BCUT2D eigenvalue weighted by Gasteiger charge is -2.15. The lowest BCUT2D eigenvalue weighted by Crippen LogP contribution is -2.22. The summed E-state index contributed by atoms with van der Waals surface area (Å²) in [5.74, 6) is 1.25. The lowest BCUT2D eigenvalue weighted by atomic mass is 10.1. The van der Waals surface area contributed by atoms with Crippen LogP contribution in [0.1, 0.15) is 50.7 Å². The van der Waals surface area contributed by atoms with Crippen molar-refractivity contribution in [2.45, 2.75) is 58.5 Å². The molecule has 1 aromatic heterocycles. The minimum Gasteiger partial charge on any atom is -0.330 e. The zero-order chi connectivity index (χ0) is 11.5. The molecule has 1 aliphatic heterocycles. The predicted molar refractivity (Wildman–Crippen MR) is 66.7 cm³/mol. The molecule has 0 spiro atoms. The molecule has 0 radical (unpaired) electrons. The van der Waals surface area contributed by atoms with Gasteiger partial charge in [0, 0.05) is 30.4 Å². The van der Waals surface area contributed by atoms with Gasteiger partial charge in [-0.2, -0.15) is 0 Å². The molecular formula is C13H23N3. The van der Waals surface area contributed by atoms with Gasteiger partial charge in [-0.25, -0.2) is 4.98 Å². The first-order valence-electron chi connectivity index (χ1n) is 6.44. The van der Waals surface area contributed by atoms with E-state index in [1.165, 1.54) is 37.3 Å². The molecule has 2 heterocycles. The minimum atomic E-state index is 0.522. The van der Waals surface area contributed by atoms with Crippen molar-refractivity contribution in [2.75, 3.05) is 6.54 Å². The largest absolute Gasteiger partial charge is 0.330 e. The van der Waals surface area contributed by atoms with E-state index in [2.05, 4.69) is 35.6 Å². The van der Waals surface area contributed by atoms with Crippen molar-refractivity contribution in [3.63, 3.8) is 0 Å². The molecule has 3 heteroatoms. The summed E-state index contributed by atoms with van der Waals surface area (Å²) in [6.45, 7) is 7.80. The van der Waals surface area contributed by atoms with Crippen molar-refractivity contribution in [1.82, 2.24) is 14.9 Å². The van der Waals surface area contributed by atoms with Crippen LogP contribution in [0.5, 0.6) is 0 Å². The summed E-state index contributed by atoms with van der Waals surface area (Å²) in [6, 6.07) is 1.24. The first kappa shape index (κ1) is 11.6. The number of aryl methyl sites for hydroxylation is 2. The van der Waals surface area contributed by atoms with Crippen LogP contribution in [0, 0.1) is 6.92 Å². The predicted octanol–water partition coefficient (Wildman–Crippen LogP) is 2.46. The average molecular weight is 221 g/mol. The van der Waals surface area contributed by atoms with Crippen LogP contribution >= 0.6 is 0 Å². The lowest BCUT2D eigenvalue weighted by molar-refractivity contribution is 0.511. The third-order valence-electron chi connectivity index (χ3n) is 3.45. The Morgan fingerprint density at radius 3 is 3.00 bits per heavy atom. The van der Waals surface area contributed by atoms with E-state index >= 15 is 0 Å². The monoisotopic (exact) mass is 221 g/mol. The third kappa shape index (κ3) is 2.46. The van der Waals surface area contributed by atoms with E-state index in [0.717, 1.165) is 12.5 Å². The Morgan fingerprint density at radius 1 is 1.56 bits per heavy atom. The number of hydrogen-bond acceptors (Lipinski definition) is 2. The van der Waals surface area contributed by atoms with E-state index in [-0.39, 0.29) is 0 Å². The normalized spacial score (nSPS) is 20.9. The number of nitrogens with zero attached hydrogens (tertiary/aromatic N) is 2. The Labute approximate surface area is 98.3 Å². The molecule has 1 unspecified atom stereocenters. The van der Waals surface area contributed by atoms with Crippen molar-refractivity contribution in [3.8, 4) is 0 Å². The van der Waals surface area contributed by atoms with Crippen molar-refractivity contribution in [2.24, 2.45) is 0 Å². The van der Waals surface area contributed by atoms with E-state index in [0.29, 0.717) is 6.04 Å². The maximum atomic E-state index is 4.53. The summed E-state index contributed by atoms with van der Waals surface area (Å²) >= 11 is 0. The Morgan fingerprint density at radius 2 is 2.38 bits per heavy atom. The molecule has 0 saturated carbocycles. The number of hydrogen-bond donors (Lipinski definition) is 1. The molecule has 1 aromatic rings. The Hall–Kier alpha value is -0.830. The Kier molecular flexibility index (Phi) is 3.64. The van der Waals surface area contributed by atoms with Gasteiger partial charge < -0.3 is 9.88 Å². The molecule has 1 saturated heterocycles. The number of imidazole rings is 1. The van der Waals surface area contributed by atoms with Gasteiger partial charge in [0.05, 0.1) is 0 Å². The van der Waals surface area contributed by atoms with Gasteiger partial charge in [-0.3, -0.25) is 0 Å². The van der Waals surface area contributed by atoms with Crippen molar-refractivity contribution in [3.05, 3.63) is 17.7 Å². The molecule has 0 amide bonds. The maximum absolute atomic E-state index is 4.53. The molecule has 90 valence electrons. The van der Waals surface area contributed by atoms with Crippen LogP contribution in [0.25, 0.3) is 0 Å². The van der Waals surface area contributed by atoms with Crippen molar-refractivity contribution in [1.29, 1.82) is 0 Å². The van der Waals surface area contributed by atoms with E-state index in [1.54, 1.807) is 0 Å². The molecule has 3 nitrogen and oxygen atoms in total. The molecule has 0 bridgehead atoms. The van der Waals surface area contributed by atoms with Crippen LogP contribution in [0.2, 0.25) is 0 Å². The second-order valence-electron chi connectivity index (χ2n) is 5.11. The highest BCUT2D eigenvalue weighted by Gasteiger charge is 2.16. The number of rotatable bonds is 4. The van der Waals surface area contributed by atoms with Gasteiger partial charge in [-0.1, -0.05) is 0 Å². The van der Waals surface area contributed by atoms with Gasteiger partial charge in [-0.05, 0) is 46.6 Å². The first-order chi connectivity index (χ1) is 7.68. The molecule has 2 rings (SSSR count). The molecular weight excluding hydrogens is 198 g/mol. The van der Waals surface area contributed by atoms with Crippen LogP contribution in [0.4, 0.5) is 0 Å². The van der Waals surface area contributed by atoms with Crippen LogP contribution < -0.4 is 5.32 Å². The molecule has 0 aromatic carbocycles. The zero-order valence-corrected chi connectivity index (χ0v) is 10.7. The fourth-order valence-corrected chi connectivity index (χ4v) is 2.69. The molecule has 1 aliphatic rings. The van der Waals surface area contributed by atoms with Crippen LogP contribution in [-0.2, 0) is 6.42 Å². The fourth-order valence-electron chi connectivity index (χ4n) is 2.69. The Balaban J connectivity index is 1.97. The molecule has 1 atom stereocenters. The number of nitrogens with one attached hydrogen (secondary N) is 1.